The number of esters is 1. The van der Waals surface area contributed by atoms with Crippen molar-refractivity contribution in [1.29, 1.82) is 0 Å². The van der Waals surface area contributed by atoms with Crippen LogP contribution < -0.4 is 0 Å². The van der Waals surface area contributed by atoms with Crippen LogP contribution in [0.25, 0.3) is 0 Å². The molecule has 0 aliphatic rings. The molecule has 0 aliphatic carbocycles. The van der Waals surface area contributed by atoms with E-state index in [0.717, 1.165) is 6.42 Å². The highest BCUT2D eigenvalue weighted by molar-refractivity contribution is 5.81. The van der Waals surface area contributed by atoms with Crippen molar-refractivity contribution in [3.63, 3.8) is 0 Å². The van der Waals surface area contributed by atoms with Gasteiger partial charge in [0.15, 0.2) is 0 Å². The zero-order valence-corrected chi connectivity index (χ0v) is 11.8. The van der Waals surface area contributed by atoms with E-state index in [1.54, 1.807) is 11.9 Å². The minimum absolute atomic E-state index is 0.0287. The van der Waals surface area contributed by atoms with Crippen LogP contribution in [0, 0.1) is 6.92 Å². The number of aryl methyl sites for hydroxylation is 1. The van der Waals surface area contributed by atoms with E-state index in [0.29, 0.717) is 6.54 Å². The molecule has 0 atom stereocenters. The smallest absolute Gasteiger partial charge is 0.306 e. The fourth-order valence-corrected chi connectivity index (χ4v) is 1.81. The zero-order valence-electron chi connectivity index (χ0n) is 11.8. The van der Waals surface area contributed by atoms with Gasteiger partial charge in [-0.1, -0.05) is 24.3 Å². The molecule has 0 bridgehead atoms. The van der Waals surface area contributed by atoms with Crippen LogP contribution in [-0.4, -0.2) is 37.5 Å². The number of carbonyl (C=O) groups is 2. The molecule has 0 aliphatic heterocycles. The minimum Gasteiger partial charge on any atom is -0.469 e. The first kappa shape index (κ1) is 15.2. The average molecular weight is 263 g/mol. The standard InChI is InChI=1S/C15H21NO3/c1-12-6-4-5-7-13(12)10-11-16(2)14(17)8-9-15(18)19-3/h4-7H,8-11H2,1-3H3. The van der Waals surface area contributed by atoms with Gasteiger partial charge in [-0.2, -0.15) is 0 Å². The molecule has 19 heavy (non-hydrogen) atoms. The molecule has 0 aromatic heterocycles. The van der Waals surface area contributed by atoms with Crippen LogP contribution in [0.1, 0.15) is 24.0 Å². The van der Waals surface area contributed by atoms with Crippen LogP contribution in [0.4, 0.5) is 0 Å². The second kappa shape index (κ2) is 7.56. The Hall–Kier alpha value is -1.84. The highest BCUT2D eigenvalue weighted by Crippen LogP contribution is 2.08. The van der Waals surface area contributed by atoms with E-state index in [1.165, 1.54) is 18.2 Å². The normalized spacial score (nSPS) is 10.1. The molecule has 0 radical (unpaired) electrons. The lowest BCUT2D eigenvalue weighted by molar-refractivity contribution is -0.143. The van der Waals surface area contributed by atoms with Crippen molar-refractivity contribution >= 4 is 11.9 Å². The Labute approximate surface area is 114 Å². The second-order valence-electron chi connectivity index (χ2n) is 4.57. The number of methoxy groups -OCH3 is 1. The van der Waals surface area contributed by atoms with Gasteiger partial charge in [-0.3, -0.25) is 9.59 Å². The van der Waals surface area contributed by atoms with Gasteiger partial charge in [-0.15, -0.1) is 0 Å². The summed E-state index contributed by atoms with van der Waals surface area (Å²) in [7, 11) is 3.09. The summed E-state index contributed by atoms with van der Waals surface area (Å²) in [5.41, 5.74) is 2.48. The van der Waals surface area contributed by atoms with Crippen molar-refractivity contribution in [3.05, 3.63) is 35.4 Å². The number of hydrogen-bond donors (Lipinski definition) is 0. The number of hydrogen-bond acceptors (Lipinski definition) is 3. The molecule has 1 aromatic carbocycles. The van der Waals surface area contributed by atoms with Gasteiger partial charge in [0.2, 0.25) is 5.91 Å². The second-order valence-corrected chi connectivity index (χ2v) is 4.57. The molecule has 0 N–H and O–H groups in total. The Kier molecular flexibility index (Phi) is 6.06. The Morgan fingerprint density at radius 1 is 1.21 bits per heavy atom. The zero-order chi connectivity index (χ0) is 14.3. The number of likely N-dealkylation sites (N-methyl/N-ethyl adjacent to an activating group) is 1. The monoisotopic (exact) mass is 263 g/mol. The van der Waals surface area contributed by atoms with E-state index in [1.807, 2.05) is 12.1 Å². The molecule has 1 amide bonds. The van der Waals surface area contributed by atoms with Crippen LogP contribution in [0.3, 0.4) is 0 Å². The third-order valence-corrected chi connectivity index (χ3v) is 3.17. The third-order valence-electron chi connectivity index (χ3n) is 3.17. The number of benzene rings is 1. The van der Waals surface area contributed by atoms with Crippen LogP contribution in [0.15, 0.2) is 24.3 Å². The van der Waals surface area contributed by atoms with Crippen LogP contribution in [0.5, 0.6) is 0 Å². The van der Waals surface area contributed by atoms with E-state index < -0.39 is 0 Å². The Morgan fingerprint density at radius 3 is 2.53 bits per heavy atom. The number of nitrogens with zero attached hydrogens (tertiary/aromatic N) is 1. The lowest BCUT2D eigenvalue weighted by atomic mass is 10.1. The number of carbonyl (C=O) groups excluding carboxylic acids is 2. The highest BCUT2D eigenvalue weighted by atomic mass is 16.5. The summed E-state index contributed by atoms with van der Waals surface area (Å²) in [5, 5.41) is 0. The van der Waals surface area contributed by atoms with Crippen molar-refractivity contribution in [2.24, 2.45) is 0 Å². The lowest BCUT2D eigenvalue weighted by Crippen LogP contribution is -2.29. The predicted molar refractivity (Wildman–Crippen MR) is 73.8 cm³/mol. The van der Waals surface area contributed by atoms with Crippen molar-refractivity contribution < 1.29 is 14.3 Å². The molecule has 0 fully saturated rings. The fraction of sp³-hybridized carbons (Fsp3) is 0.467. The quantitative estimate of drug-likeness (QED) is 0.737. The van der Waals surface area contributed by atoms with Crippen molar-refractivity contribution in [1.82, 2.24) is 4.90 Å². The van der Waals surface area contributed by atoms with Gasteiger partial charge in [0.1, 0.15) is 0 Å². The molecule has 4 heteroatoms. The maximum absolute atomic E-state index is 11.8. The van der Waals surface area contributed by atoms with Crippen molar-refractivity contribution in [2.45, 2.75) is 26.2 Å². The van der Waals surface area contributed by atoms with Crippen LogP contribution in [-0.2, 0) is 20.7 Å². The molecule has 0 heterocycles. The number of amides is 1. The molecule has 1 rings (SSSR count). The first-order chi connectivity index (χ1) is 9.04. The molecule has 4 nitrogen and oxygen atoms in total. The molecule has 0 saturated heterocycles. The summed E-state index contributed by atoms with van der Waals surface area (Å²) in [6.07, 6.45) is 1.17. The summed E-state index contributed by atoms with van der Waals surface area (Å²) in [6, 6.07) is 8.14. The van der Waals surface area contributed by atoms with Crippen LogP contribution >= 0.6 is 0 Å². The molecule has 104 valence electrons. The lowest BCUT2D eigenvalue weighted by Gasteiger charge is -2.17. The van der Waals surface area contributed by atoms with Gasteiger partial charge in [0.25, 0.3) is 0 Å². The van der Waals surface area contributed by atoms with Gasteiger partial charge in [-0.25, -0.2) is 0 Å². The maximum atomic E-state index is 11.8. The Balaban J connectivity index is 2.38. The highest BCUT2D eigenvalue weighted by Gasteiger charge is 2.11. The molecule has 0 unspecified atom stereocenters. The third kappa shape index (κ3) is 5.12. The number of ether oxygens (including phenoxy) is 1. The molecule has 1 aromatic rings. The van der Waals surface area contributed by atoms with Gasteiger partial charge < -0.3 is 9.64 Å². The van der Waals surface area contributed by atoms with E-state index in [-0.39, 0.29) is 24.7 Å². The summed E-state index contributed by atoms with van der Waals surface area (Å²) in [4.78, 5) is 24.4. The van der Waals surface area contributed by atoms with Crippen molar-refractivity contribution in [2.75, 3.05) is 20.7 Å². The van der Waals surface area contributed by atoms with Gasteiger partial charge in [0.05, 0.1) is 13.5 Å². The summed E-state index contributed by atoms with van der Waals surface area (Å²) < 4.78 is 4.52. The molecular weight excluding hydrogens is 242 g/mol. The summed E-state index contributed by atoms with van der Waals surface area (Å²) in [6.45, 7) is 2.72. The van der Waals surface area contributed by atoms with Gasteiger partial charge in [0, 0.05) is 20.0 Å². The van der Waals surface area contributed by atoms with Crippen LogP contribution in [0.2, 0.25) is 0 Å². The Morgan fingerprint density at radius 2 is 1.89 bits per heavy atom. The summed E-state index contributed by atoms with van der Waals surface area (Å²) >= 11 is 0. The number of rotatable bonds is 6. The van der Waals surface area contributed by atoms with E-state index >= 15 is 0 Å². The largest absolute Gasteiger partial charge is 0.469 e. The summed E-state index contributed by atoms with van der Waals surface area (Å²) in [5.74, 6) is -0.375. The average Bonchev–Trinajstić information content (AvgIpc) is 2.43. The van der Waals surface area contributed by atoms with E-state index in [9.17, 15) is 9.59 Å². The van der Waals surface area contributed by atoms with Crippen molar-refractivity contribution in [3.8, 4) is 0 Å². The predicted octanol–water partition coefficient (Wildman–Crippen LogP) is 1.95. The fourth-order valence-electron chi connectivity index (χ4n) is 1.81. The first-order valence-electron chi connectivity index (χ1n) is 6.40. The topological polar surface area (TPSA) is 46.6 Å². The molecular formula is C15H21NO3. The maximum Gasteiger partial charge on any atom is 0.306 e. The SMILES string of the molecule is COC(=O)CCC(=O)N(C)CCc1ccccc1C. The van der Waals surface area contributed by atoms with E-state index in [2.05, 4.69) is 23.8 Å². The Bertz CT molecular complexity index is 443. The molecule has 0 saturated carbocycles. The molecule has 0 spiro atoms. The van der Waals surface area contributed by atoms with Gasteiger partial charge >= 0.3 is 5.97 Å². The first-order valence-corrected chi connectivity index (χ1v) is 6.40. The van der Waals surface area contributed by atoms with E-state index in [4.69, 9.17) is 0 Å². The van der Waals surface area contributed by atoms with Gasteiger partial charge in [-0.05, 0) is 24.5 Å². The minimum atomic E-state index is -0.347.